The van der Waals surface area contributed by atoms with Crippen molar-refractivity contribution in [1.82, 2.24) is 9.97 Å². The van der Waals surface area contributed by atoms with Gasteiger partial charge in [-0.15, -0.1) is 0 Å². The minimum absolute atomic E-state index is 0.201. The summed E-state index contributed by atoms with van der Waals surface area (Å²) in [7, 11) is 0. The fraction of sp³-hybridized carbons (Fsp3) is 0.636. The number of rotatable bonds is 3. The molecule has 18 heavy (non-hydrogen) atoms. The molecule has 1 aromatic rings. The van der Waals surface area contributed by atoms with Crippen molar-refractivity contribution in [3.8, 4) is 0 Å². The first-order valence-electron chi connectivity index (χ1n) is 5.74. The van der Waals surface area contributed by atoms with Crippen LogP contribution in [-0.2, 0) is 21.7 Å². The first-order valence-corrected chi connectivity index (χ1v) is 7.84. The van der Waals surface area contributed by atoms with Crippen LogP contribution in [0.15, 0.2) is 6.07 Å². The average molecular weight is 290 g/mol. The van der Waals surface area contributed by atoms with Crippen molar-refractivity contribution >= 4 is 28.6 Å². The van der Waals surface area contributed by atoms with Gasteiger partial charge in [0, 0.05) is 12.6 Å². The third-order valence-corrected chi connectivity index (χ3v) is 3.62. The van der Waals surface area contributed by atoms with E-state index in [2.05, 4.69) is 21.8 Å². The van der Waals surface area contributed by atoms with Gasteiger partial charge in [0.1, 0.15) is 11.6 Å². The Labute approximate surface area is 115 Å². The number of anilines is 1. The molecule has 0 radical (unpaired) electrons. The largest absolute Gasteiger partial charge is 0.616 e. The van der Waals surface area contributed by atoms with Gasteiger partial charge in [-0.1, -0.05) is 11.2 Å². The van der Waals surface area contributed by atoms with E-state index in [0.29, 0.717) is 24.7 Å². The molecular formula is C11H16ClN3O2S. The van der Waals surface area contributed by atoms with E-state index in [1.165, 1.54) is 0 Å². The summed E-state index contributed by atoms with van der Waals surface area (Å²) in [6.45, 7) is 4.22. The van der Waals surface area contributed by atoms with Crippen LogP contribution < -0.4 is 4.90 Å². The van der Waals surface area contributed by atoms with Gasteiger partial charge in [0.25, 0.3) is 0 Å². The first-order chi connectivity index (χ1) is 8.56. The fourth-order valence-corrected chi connectivity index (χ4v) is 2.71. The predicted molar refractivity (Wildman–Crippen MR) is 72.4 cm³/mol. The van der Waals surface area contributed by atoms with Crippen LogP contribution in [0.1, 0.15) is 12.6 Å². The second-order valence-electron chi connectivity index (χ2n) is 4.32. The molecule has 2 heterocycles. The number of nitrogens with zero attached hydrogens (tertiary/aromatic N) is 3. The number of halogens is 1. The van der Waals surface area contributed by atoms with Crippen molar-refractivity contribution in [3.05, 3.63) is 17.0 Å². The van der Waals surface area contributed by atoms with E-state index in [0.717, 1.165) is 12.4 Å². The lowest BCUT2D eigenvalue weighted by molar-refractivity contribution is 0.0985. The summed E-state index contributed by atoms with van der Waals surface area (Å²) in [4.78, 5) is 10.5. The highest BCUT2D eigenvalue weighted by atomic mass is 35.5. The minimum atomic E-state index is -0.939. The number of ether oxygens (including phenoxy) is 1. The van der Waals surface area contributed by atoms with E-state index in [1.54, 1.807) is 6.26 Å². The molecule has 0 aliphatic carbocycles. The molecule has 0 bridgehead atoms. The van der Waals surface area contributed by atoms with Crippen molar-refractivity contribution in [2.45, 2.75) is 18.7 Å². The van der Waals surface area contributed by atoms with Gasteiger partial charge in [0.15, 0.2) is 0 Å². The topological polar surface area (TPSA) is 61.3 Å². The summed E-state index contributed by atoms with van der Waals surface area (Å²) in [5.74, 6) is 1.18. The predicted octanol–water partition coefficient (Wildman–Crippen LogP) is 1.23. The van der Waals surface area contributed by atoms with Gasteiger partial charge in [-0.3, -0.25) is 0 Å². The number of hydrogen-bond acceptors (Lipinski definition) is 5. The molecule has 1 aliphatic heterocycles. The van der Waals surface area contributed by atoms with E-state index in [1.807, 2.05) is 6.07 Å². The summed E-state index contributed by atoms with van der Waals surface area (Å²) in [5, 5.41) is 0.201. The maximum Gasteiger partial charge on any atom is 0.224 e. The summed E-state index contributed by atoms with van der Waals surface area (Å²) in [6, 6.07) is 2.11. The van der Waals surface area contributed by atoms with Gasteiger partial charge in [0.05, 0.1) is 31.2 Å². The Morgan fingerprint density at radius 1 is 1.61 bits per heavy atom. The molecule has 1 fully saturated rings. The average Bonchev–Trinajstić information content (AvgIpc) is 2.27. The molecule has 5 nitrogen and oxygen atoms in total. The second-order valence-corrected chi connectivity index (χ2v) is 6.09. The highest BCUT2D eigenvalue weighted by Crippen LogP contribution is 2.20. The molecule has 0 N–H and O–H groups in total. The zero-order chi connectivity index (χ0) is 13.1. The molecule has 1 saturated heterocycles. The molecule has 2 rings (SSSR count). The molecule has 0 spiro atoms. The lowest BCUT2D eigenvalue weighted by Gasteiger charge is -2.34. The molecule has 0 saturated carbocycles. The molecule has 2 atom stereocenters. The molecule has 1 aliphatic rings. The van der Waals surface area contributed by atoms with Crippen LogP contribution in [0.5, 0.6) is 0 Å². The molecule has 0 amide bonds. The monoisotopic (exact) mass is 289 g/mol. The Hall–Kier alpha value is -0.560. The van der Waals surface area contributed by atoms with Crippen LogP contribution in [0.3, 0.4) is 0 Å². The van der Waals surface area contributed by atoms with Gasteiger partial charge in [-0.2, -0.15) is 0 Å². The minimum Gasteiger partial charge on any atom is -0.616 e. The highest BCUT2D eigenvalue weighted by Gasteiger charge is 2.21. The Bertz CT molecular complexity index is 419. The Morgan fingerprint density at radius 3 is 3.06 bits per heavy atom. The van der Waals surface area contributed by atoms with Gasteiger partial charge in [0.2, 0.25) is 5.28 Å². The molecule has 0 aromatic carbocycles. The quantitative estimate of drug-likeness (QED) is 0.619. The highest BCUT2D eigenvalue weighted by molar-refractivity contribution is 7.89. The maximum atomic E-state index is 11.3. The van der Waals surface area contributed by atoms with Crippen LogP contribution in [0.4, 0.5) is 5.82 Å². The van der Waals surface area contributed by atoms with E-state index < -0.39 is 11.2 Å². The number of aromatic nitrogens is 2. The van der Waals surface area contributed by atoms with Crippen LogP contribution in [0, 0.1) is 0 Å². The van der Waals surface area contributed by atoms with Gasteiger partial charge < -0.3 is 14.2 Å². The van der Waals surface area contributed by atoms with Crippen molar-refractivity contribution in [2.75, 3.05) is 30.9 Å². The third-order valence-electron chi connectivity index (χ3n) is 2.75. The van der Waals surface area contributed by atoms with Gasteiger partial charge >= 0.3 is 0 Å². The number of morpholine rings is 1. The standard InChI is InChI=1S/C11H16ClN3O2S/c1-8-6-17-4-3-15(8)10-5-9(7-18(2)16)13-11(12)14-10/h5,8H,3-4,6-7H2,1-2H3/t8-,18+/m1/s1. The summed E-state index contributed by atoms with van der Waals surface area (Å²) < 4.78 is 16.6. The first kappa shape index (κ1) is 13.9. The van der Waals surface area contributed by atoms with Gasteiger partial charge in [-0.25, -0.2) is 9.97 Å². The van der Waals surface area contributed by atoms with Crippen LogP contribution in [0.25, 0.3) is 0 Å². The van der Waals surface area contributed by atoms with Crippen molar-refractivity contribution < 1.29 is 9.29 Å². The lowest BCUT2D eigenvalue weighted by Crippen LogP contribution is -2.44. The third kappa shape index (κ3) is 3.47. The number of hydrogen-bond donors (Lipinski definition) is 0. The normalized spacial score (nSPS) is 22.0. The van der Waals surface area contributed by atoms with E-state index in [-0.39, 0.29) is 11.3 Å². The van der Waals surface area contributed by atoms with Crippen LogP contribution in [-0.4, -0.2) is 46.6 Å². The Kier molecular flexibility index (Phi) is 4.66. The summed E-state index contributed by atoms with van der Waals surface area (Å²) in [6.07, 6.45) is 1.65. The van der Waals surface area contributed by atoms with E-state index in [9.17, 15) is 4.55 Å². The van der Waals surface area contributed by atoms with Crippen molar-refractivity contribution in [3.63, 3.8) is 0 Å². The molecule has 7 heteroatoms. The Morgan fingerprint density at radius 2 is 2.39 bits per heavy atom. The summed E-state index contributed by atoms with van der Waals surface area (Å²) in [5.41, 5.74) is 0.713. The fourth-order valence-electron chi connectivity index (χ4n) is 1.95. The van der Waals surface area contributed by atoms with Crippen LogP contribution in [0.2, 0.25) is 5.28 Å². The SMILES string of the molecule is C[C@@H]1COCCN1c1cc(C[S@+](C)[O-])nc(Cl)n1. The van der Waals surface area contributed by atoms with E-state index in [4.69, 9.17) is 16.3 Å². The van der Waals surface area contributed by atoms with Crippen molar-refractivity contribution in [2.24, 2.45) is 0 Å². The van der Waals surface area contributed by atoms with Crippen LogP contribution >= 0.6 is 11.6 Å². The molecule has 1 aromatic heterocycles. The Balaban J connectivity index is 2.23. The van der Waals surface area contributed by atoms with Crippen molar-refractivity contribution in [1.29, 1.82) is 0 Å². The summed E-state index contributed by atoms with van der Waals surface area (Å²) >= 11 is 4.98. The molecule has 0 unspecified atom stereocenters. The second kappa shape index (κ2) is 6.06. The maximum absolute atomic E-state index is 11.3. The smallest absolute Gasteiger partial charge is 0.224 e. The lowest BCUT2D eigenvalue weighted by atomic mass is 10.2. The zero-order valence-corrected chi connectivity index (χ0v) is 12.0. The van der Waals surface area contributed by atoms with Gasteiger partial charge in [-0.05, 0) is 18.5 Å². The molecular weight excluding hydrogens is 274 g/mol. The molecule has 100 valence electrons. The zero-order valence-electron chi connectivity index (χ0n) is 10.4. The van der Waals surface area contributed by atoms with E-state index >= 15 is 0 Å².